The Kier molecular flexibility index (Phi) is 4.10. The third kappa shape index (κ3) is 3.03. The Morgan fingerprint density at radius 1 is 1.41 bits per heavy atom. The van der Waals surface area contributed by atoms with E-state index in [1.807, 2.05) is 42.1 Å². The van der Waals surface area contributed by atoms with Crippen molar-refractivity contribution in [2.75, 3.05) is 6.54 Å². The van der Waals surface area contributed by atoms with Crippen LogP contribution in [0.15, 0.2) is 41.8 Å². The van der Waals surface area contributed by atoms with Crippen LogP contribution in [-0.2, 0) is 7.05 Å². The van der Waals surface area contributed by atoms with E-state index in [0.717, 1.165) is 10.2 Å². The molecule has 1 heterocycles. The number of hydrogen-bond donors (Lipinski definition) is 1. The van der Waals surface area contributed by atoms with Gasteiger partial charge in [0.05, 0.1) is 0 Å². The Balaban J connectivity index is 2.17. The zero-order valence-corrected chi connectivity index (χ0v) is 11.1. The standard InChI is InChI=1S/C12H14ClN3S/c1-16-7-6-15-12(16)17-11(8-14)9-2-4-10(13)5-3-9/h2-7,11H,8,14H2,1H3. The maximum Gasteiger partial charge on any atom is 0.168 e. The van der Waals surface area contributed by atoms with Crippen LogP contribution in [0.4, 0.5) is 0 Å². The molecule has 0 bridgehead atoms. The van der Waals surface area contributed by atoms with E-state index < -0.39 is 0 Å². The second-order valence-electron chi connectivity index (χ2n) is 3.71. The number of rotatable bonds is 4. The van der Waals surface area contributed by atoms with Gasteiger partial charge in [-0.2, -0.15) is 0 Å². The molecule has 2 aromatic rings. The highest BCUT2D eigenvalue weighted by Crippen LogP contribution is 2.33. The number of aryl methyl sites for hydroxylation is 1. The van der Waals surface area contributed by atoms with Crippen molar-refractivity contribution in [3.63, 3.8) is 0 Å². The lowest BCUT2D eigenvalue weighted by Gasteiger charge is -2.14. The Hall–Kier alpha value is -0.970. The lowest BCUT2D eigenvalue weighted by molar-refractivity contribution is 0.783. The molecule has 17 heavy (non-hydrogen) atoms. The highest BCUT2D eigenvalue weighted by Gasteiger charge is 2.13. The second-order valence-corrected chi connectivity index (χ2v) is 5.32. The zero-order chi connectivity index (χ0) is 12.3. The molecule has 1 aromatic heterocycles. The minimum absolute atomic E-state index is 0.202. The van der Waals surface area contributed by atoms with Gasteiger partial charge in [-0.25, -0.2) is 4.98 Å². The molecule has 0 amide bonds. The Labute approximate surface area is 110 Å². The van der Waals surface area contributed by atoms with Gasteiger partial charge in [-0.15, -0.1) is 0 Å². The van der Waals surface area contributed by atoms with Gasteiger partial charge >= 0.3 is 0 Å². The minimum atomic E-state index is 0.202. The van der Waals surface area contributed by atoms with E-state index in [0.29, 0.717) is 6.54 Å². The van der Waals surface area contributed by atoms with Gasteiger partial charge < -0.3 is 10.3 Å². The SMILES string of the molecule is Cn1ccnc1SC(CN)c1ccc(Cl)cc1. The maximum atomic E-state index is 5.87. The first kappa shape index (κ1) is 12.5. The van der Waals surface area contributed by atoms with Gasteiger partial charge in [-0.1, -0.05) is 35.5 Å². The van der Waals surface area contributed by atoms with E-state index in [9.17, 15) is 0 Å². The largest absolute Gasteiger partial charge is 0.329 e. The van der Waals surface area contributed by atoms with Crippen LogP contribution in [0.3, 0.4) is 0 Å². The summed E-state index contributed by atoms with van der Waals surface area (Å²) in [4.78, 5) is 4.29. The number of thioether (sulfide) groups is 1. The van der Waals surface area contributed by atoms with E-state index >= 15 is 0 Å². The molecule has 0 aliphatic rings. The van der Waals surface area contributed by atoms with Crippen molar-refractivity contribution in [1.29, 1.82) is 0 Å². The molecule has 1 aromatic carbocycles. The van der Waals surface area contributed by atoms with Crippen LogP contribution >= 0.6 is 23.4 Å². The van der Waals surface area contributed by atoms with Crippen LogP contribution < -0.4 is 5.73 Å². The van der Waals surface area contributed by atoms with Gasteiger partial charge in [0.1, 0.15) is 0 Å². The summed E-state index contributed by atoms with van der Waals surface area (Å²) in [6.07, 6.45) is 3.72. The van der Waals surface area contributed by atoms with Gasteiger partial charge in [-0.3, -0.25) is 0 Å². The molecule has 2 rings (SSSR count). The van der Waals surface area contributed by atoms with Crippen LogP contribution in [0.2, 0.25) is 5.02 Å². The second kappa shape index (κ2) is 5.58. The molecule has 0 aliphatic carbocycles. The van der Waals surface area contributed by atoms with Crippen LogP contribution in [0.5, 0.6) is 0 Å². The summed E-state index contributed by atoms with van der Waals surface area (Å²) in [7, 11) is 1.98. The fourth-order valence-corrected chi connectivity index (χ4v) is 2.64. The molecule has 0 aliphatic heterocycles. The molecule has 3 nitrogen and oxygen atoms in total. The van der Waals surface area contributed by atoms with Gasteiger partial charge in [-0.05, 0) is 17.7 Å². The summed E-state index contributed by atoms with van der Waals surface area (Å²) in [5, 5.41) is 1.91. The molecule has 90 valence electrons. The van der Waals surface area contributed by atoms with Crippen molar-refractivity contribution in [3.8, 4) is 0 Å². The van der Waals surface area contributed by atoms with Crippen LogP contribution in [-0.4, -0.2) is 16.1 Å². The number of hydrogen-bond acceptors (Lipinski definition) is 3. The van der Waals surface area contributed by atoms with Crippen molar-refractivity contribution in [1.82, 2.24) is 9.55 Å². The average Bonchev–Trinajstić information content (AvgIpc) is 2.73. The van der Waals surface area contributed by atoms with Crippen molar-refractivity contribution in [2.45, 2.75) is 10.4 Å². The number of benzene rings is 1. The molecule has 1 unspecified atom stereocenters. The summed E-state index contributed by atoms with van der Waals surface area (Å²) in [6.45, 7) is 0.569. The Morgan fingerprint density at radius 3 is 2.65 bits per heavy atom. The maximum absolute atomic E-state index is 5.87. The fraction of sp³-hybridized carbons (Fsp3) is 0.250. The van der Waals surface area contributed by atoms with E-state index in [2.05, 4.69) is 4.98 Å². The van der Waals surface area contributed by atoms with Crippen molar-refractivity contribution in [3.05, 3.63) is 47.2 Å². The molecule has 0 spiro atoms. The monoisotopic (exact) mass is 267 g/mol. The molecule has 1 atom stereocenters. The Morgan fingerprint density at radius 2 is 2.12 bits per heavy atom. The molecule has 5 heteroatoms. The molecule has 0 saturated heterocycles. The fourth-order valence-electron chi connectivity index (χ4n) is 1.52. The smallest absolute Gasteiger partial charge is 0.168 e. The summed E-state index contributed by atoms with van der Waals surface area (Å²) >= 11 is 7.54. The highest BCUT2D eigenvalue weighted by atomic mass is 35.5. The quantitative estimate of drug-likeness (QED) is 0.867. The number of aromatic nitrogens is 2. The molecule has 0 radical (unpaired) electrons. The van der Waals surface area contributed by atoms with Gasteiger partial charge in [0, 0.05) is 36.3 Å². The topological polar surface area (TPSA) is 43.8 Å². The molecular formula is C12H14ClN3S. The third-order valence-electron chi connectivity index (χ3n) is 2.48. The summed E-state index contributed by atoms with van der Waals surface area (Å²) < 4.78 is 1.99. The average molecular weight is 268 g/mol. The summed E-state index contributed by atoms with van der Waals surface area (Å²) in [6, 6.07) is 7.79. The third-order valence-corrected chi connectivity index (χ3v) is 4.09. The Bertz CT molecular complexity index is 481. The molecular weight excluding hydrogens is 254 g/mol. The first-order valence-corrected chi connectivity index (χ1v) is 6.56. The van der Waals surface area contributed by atoms with Gasteiger partial charge in [0.15, 0.2) is 5.16 Å². The first-order valence-electron chi connectivity index (χ1n) is 5.30. The normalized spacial score (nSPS) is 12.6. The summed E-state index contributed by atoms with van der Waals surface area (Å²) in [5.41, 5.74) is 6.99. The minimum Gasteiger partial charge on any atom is -0.329 e. The van der Waals surface area contributed by atoms with Crippen molar-refractivity contribution in [2.24, 2.45) is 12.8 Å². The highest BCUT2D eigenvalue weighted by molar-refractivity contribution is 7.99. The predicted octanol–water partition coefficient (Wildman–Crippen LogP) is 2.87. The number of imidazole rings is 1. The van der Waals surface area contributed by atoms with Crippen molar-refractivity contribution < 1.29 is 0 Å². The number of halogens is 1. The van der Waals surface area contributed by atoms with Crippen LogP contribution in [0.1, 0.15) is 10.8 Å². The molecule has 0 saturated carbocycles. The number of nitrogens with zero attached hydrogens (tertiary/aromatic N) is 2. The predicted molar refractivity (Wildman–Crippen MR) is 72.3 cm³/mol. The zero-order valence-electron chi connectivity index (χ0n) is 9.51. The van der Waals surface area contributed by atoms with Crippen molar-refractivity contribution >= 4 is 23.4 Å². The summed E-state index contributed by atoms with van der Waals surface area (Å²) in [5.74, 6) is 0. The lowest BCUT2D eigenvalue weighted by atomic mass is 10.1. The van der Waals surface area contributed by atoms with E-state index in [4.69, 9.17) is 17.3 Å². The van der Waals surface area contributed by atoms with E-state index in [1.54, 1.807) is 18.0 Å². The van der Waals surface area contributed by atoms with E-state index in [-0.39, 0.29) is 5.25 Å². The van der Waals surface area contributed by atoms with Gasteiger partial charge in [0.25, 0.3) is 0 Å². The molecule has 2 N–H and O–H groups in total. The van der Waals surface area contributed by atoms with E-state index in [1.165, 1.54) is 5.56 Å². The van der Waals surface area contributed by atoms with Crippen LogP contribution in [0.25, 0.3) is 0 Å². The number of nitrogens with two attached hydrogens (primary N) is 1. The lowest BCUT2D eigenvalue weighted by Crippen LogP contribution is -2.10. The first-order chi connectivity index (χ1) is 8.20. The van der Waals surface area contributed by atoms with Gasteiger partial charge in [0.2, 0.25) is 0 Å². The van der Waals surface area contributed by atoms with Crippen LogP contribution in [0, 0.1) is 0 Å². The molecule has 0 fully saturated rings.